The van der Waals surface area contributed by atoms with E-state index in [0.717, 1.165) is 11.1 Å². The maximum atomic E-state index is 13.1. The zero-order valence-electron chi connectivity index (χ0n) is 22.5. The number of ketones is 1. The van der Waals surface area contributed by atoms with Crippen LogP contribution in [0.4, 0.5) is 5.69 Å². The van der Waals surface area contributed by atoms with Gasteiger partial charge in [0.1, 0.15) is 5.15 Å². The molecule has 4 unspecified atom stereocenters. The molecule has 1 fully saturated rings. The first-order valence-corrected chi connectivity index (χ1v) is 13.9. The molecule has 2 N–H and O–H groups in total. The minimum absolute atomic E-state index is 0.0521. The molecule has 3 aromatic carbocycles. The molecule has 5 rings (SSSR count). The molecule has 10 heteroatoms. The molecule has 212 valence electrons. The Labute approximate surface area is 247 Å². The summed E-state index contributed by atoms with van der Waals surface area (Å²) >= 11 is 12.4. The van der Waals surface area contributed by atoms with Gasteiger partial charge >= 0.3 is 0 Å². The Morgan fingerprint density at radius 3 is 2.39 bits per heavy atom. The van der Waals surface area contributed by atoms with E-state index in [2.05, 4.69) is 10.3 Å². The van der Waals surface area contributed by atoms with E-state index in [1.807, 2.05) is 37.3 Å². The normalized spacial score (nSPS) is 20.5. The molecule has 1 aromatic heterocycles. The van der Waals surface area contributed by atoms with Crippen molar-refractivity contribution >= 4 is 40.6 Å². The van der Waals surface area contributed by atoms with Crippen LogP contribution in [0.5, 0.6) is 0 Å². The molecule has 8 nitrogen and oxygen atoms in total. The number of halogens is 2. The van der Waals surface area contributed by atoms with E-state index in [1.165, 1.54) is 6.92 Å². The van der Waals surface area contributed by atoms with Crippen LogP contribution in [0, 0.1) is 5.92 Å². The van der Waals surface area contributed by atoms with Crippen LogP contribution in [0.15, 0.2) is 79.1 Å². The van der Waals surface area contributed by atoms with E-state index < -0.39 is 6.29 Å². The predicted molar refractivity (Wildman–Crippen MR) is 156 cm³/mol. The van der Waals surface area contributed by atoms with Crippen molar-refractivity contribution in [3.05, 3.63) is 117 Å². The number of anilines is 1. The highest BCUT2D eigenvalue weighted by Gasteiger charge is 2.39. The van der Waals surface area contributed by atoms with Gasteiger partial charge in [-0.3, -0.25) is 9.59 Å². The number of nitrogens with zero attached hydrogens (tertiary/aromatic N) is 2. The van der Waals surface area contributed by atoms with Crippen molar-refractivity contribution in [2.45, 2.75) is 45.5 Å². The molecule has 0 radical (unpaired) electrons. The molecule has 1 amide bonds. The lowest BCUT2D eigenvalue weighted by molar-refractivity contribution is -0.276. The van der Waals surface area contributed by atoms with Gasteiger partial charge in [-0.25, -0.2) is 4.98 Å². The third-order valence-corrected chi connectivity index (χ3v) is 7.95. The highest BCUT2D eigenvalue weighted by atomic mass is 35.5. The molecule has 1 aliphatic heterocycles. The first kappa shape index (κ1) is 29.0. The van der Waals surface area contributed by atoms with Gasteiger partial charge in [-0.2, -0.15) is 0 Å². The van der Waals surface area contributed by atoms with Gasteiger partial charge in [0.05, 0.1) is 31.7 Å². The molecule has 0 bridgehead atoms. The van der Waals surface area contributed by atoms with E-state index in [4.69, 9.17) is 32.7 Å². The molecule has 1 saturated heterocycles. The van der Waals surface area contributed by atoms with Crippen molar-refractivity contribution in [2.24, 2.45) is 5.92 Å². The maximum Gasteiger partial charge on any atom is 0.255 e. The molecule has 41 heavy (non-hydrogen) atoms. The monoisotopic (exact) mass is 593 g/mol. The van der Waals surface area contributed by atoms with Gasteiger partial charge in [0.2, 0.25) is 0 Å². The first-order valence-electron chi connectivity index (χ1n) is 13.1. The summed E-state index contributed by atoms with van der Waals surface area (Å²) in [6.45, 7) is 3.85. The SMILES string of the molecule is CC(=O)c1cccc(NC(=O)c2cccc(C3OC(Cn4cnc(Cl)c4Cl)C(C)C(c4ccc(CO)cc4)O3)c2)c1. The van der Waals surface area contributed by atoms with Crippen LogP contribution >= 0.6 is 23.2 Å². The van der Waals surface area contributed by atoms with E-state index >= 15 is 0 Å². The summed E-state index contributed by atoms with van der Waals surface area (Å²) in [4.78, 5) is 29.0. The van der Waals surface area contributed by atoms with Crippen molar-refractivity contribution < 1.29 is 24.2 Å². The van der Waals surface area contributed by atoms with Crippen molar-refractivity contribution in [3.8, 4) is 0 Å². The van der Waals surface area contributed by atoms with Gasteiger partial charge < -0.3 is 24.5 Å². The van der Waals surface area contributed by atoms with Crippen LogP contribution in [0.1, 0.15) is 63.6 Å². The first-order chi connectivity index (χ1) is 19.7. The van der Waals surface area contributed by atoms with E-state index in [9.17, 15) is 14.7 Å². The van der Waals surface area contributed by atoms with Crippen LogP contribution in [-0.2, 0) is 22.6 Å². The van der Waals surface area contributed by atoms with Crippen molar-refractivity contribution in [1.29, 1.82) is 0 Å². The molecule has 2 heterocycles. The average Bonchev–Trinajstić information content (AvgIpc) is 3.30. The maximum absolute atomic E-state index is 13.1. The highest BCUT2D eigenvalue weighted by molar-refractivity contribution is 6.40. The summed E-state index contributed by atoms with van der Waals surface area (Å²) in [5.74, 6) is -0.508. The molecule has 0 aliphatic carbocycles. The summed E-state index contributed by atoms with van der Waals surface area (Å²) in [7, 11) is 0. The Balaban J connectivity index is 1.42. The second-order valence-electron chi connectivity index (χ2n) is 10.0. The number of aliphatic hydroxyl groups excluding tert-OH is 1. The minimum atomic E-state index is -0.787. The number of carbonyl (C=O) groups is 2. The fourth-order valence-corrected chi connectivity index (χ4v) is 5.15. The van der Waals surface area contributed by atoms with Crippen LogP contribution in [-0.4, -0.2) is 32.5 Å². The Kier molecular flexibility index (Phi) is 8.87. The lowest BCUT2D eigenvalue weighted by atomic mass is 9.90. The fraction of sp³-hybridized carbons (Fsp3) is 0.258. The van der Waals surface area contributed by atoms with Gasteiger partial charge in [0.25, 0.3) is 5.91 Å². The largest absolute Gasteiger partial charge is 0.392 e. The molecule has 1 aliphatic rings. The van der Waals surface area contributed by atoms with Gasteiger partial charge in [-0.05, 0) is 42.3 Å². The topological polar surface area (TPSA) is 103 Å². The summed E-state index contributed by atoms with van der Waals surface area (Å²) in [6.07, 6.45) is 0.0923. The van der Waals surface area contributed by atoms with Crippen molar-refractivity contribution in [3.63, 3.8) is 0 Å². The Bertz CT molecular complexity index is 1560. The van der Waals surface area contributed by atoms with Gasteiger partial charge in [0.15, 0.2) is 17.2 Å². The van der Waals surface area contributed by atoms with E-state index in [-0.39, 0.29) is 41.6 Å². The zero-order valence-corrected chi connectivity index (χ0v) is 24.0. The number of benzene rings is 3. The van der Waals surface area contributed by atoms with E-state index in [0.29, 0.717) is 34.1 Å². The zero-order chi connectivity index (χ0) is 29.1. The van der Waals surface area contributed by atoms with Crippen molar-refractivity contribution in [2.75, 3.05) is 5.32 Å². The molecular weight excluding hydrogens is 565 g/mol. The van der Waals surface area contributed by atoms with Crippen LogP contribution in [0.2, 0.25) is 10.3 Å². The number of imidazole rings is 1. The number of nitrogens with one attached hydrogen (secondary N) is 1. The standard InChI is InChI=1S/C31H29Cl2N3O5/c1-18-26(15-36-17-34-28(32)29(36)33)40-31(41-27(18)21-11-9-20(16-37)10-12-21)24-7-3-6-23(13-24)30(39)35-25-8-4-5-22(14-25)19(2)38/h3-14,17-18,26-27,31,37H,15-16H2,1-2H3,(H,35,39). The van der Waals surface area contributed by atoms with Crippen LogP contribution < -0.4 is 5.32 Å². The Morgan fingerprint density at radius 1 is 0.976 bits per heavy atom. The summed E-state index contributed by atoms with van der Waals surface area (Å²) in [6, 6.07) is 21.4. The summed E-state index contributed by atoms with van der Waals surface area (Å²) in [5.41, 5.74) is 3.84. The van der Waals surface area contributed by atoms with Gasteiger partial charge in [-0.1, -0.05) is 78.7 Å². The fourth-order valence-electron chi connectivity index (χ4n) is 4.84. The van der Waals surface area contributed by atoms with Crippen LogP contribution in [0.3, 0.4) is 0 Å². The average molecular weight is 594 g/mol. The van der Waals surface area contributed by atoms with Crippen molar-refractivity contribution in [1.82, 2.24) is 9.55 Å². The van der Waals surface area contributed by atoms with Crippen LogP contribution in [0.25, 0.3) is 0 Å². The summed E-state index contributed by atoms with van der Waals surface area (Å²) < 4.78 is 14.7. The summed E-state index contributed by atoms with van der Waals surface area (Å²) in [5, 5.41) is 12.9. The number of hydrogen-bond acceptors (Lipinski definition) is 6. The predicted octanol–water partition coefficient (Wildman–Crippen LogP) is 6.63. The number of Topliss-reactive ketones (excluding diaryl/α,β-unsaturated/α-hetero) is 1. The highest BCUT2D eigenvalue weighted by Crippen LogP contribution is 2.42. The Morgan fingerprint density at radius 2 is 1.71 bits per heavy atom. The Hall–Kier alpha value is -3.53. The number of rotatable bonds is 8. The molecular formula is C31H29Cl2N3O5. The molecule has 0 spiro atoms. The number of carbonyl (C=O) groups excluding carboxylic acids is 2. The number of aromatic nitrogens is 2. The lowest BCUT2D eigenvalue weighted by Gasteiger charge is -2.41. The molecule has 4 atom stereocenters. The molecule has 4 aromatic rings. The third kappa shape index (κ3) is 6.53. The second-order valence-corrected chi connectivity index (χ2v) is 10.7. The quantitative estimate of drug-likeness (QED) is 0.222. The number of amides is 1. The van der Waals surface area contributed by atoms with E-state index in [1.54, 1.807) is 53.4 Å². The minimum Gasteiger partial charge on any atom is -0.392 e. The second kappa shape index (κ2) is 12.5. The smallest absolute Gasteiger partial charge is 0.255 e. The number of aliphatic hydroxyl groups is 1. The van der Waals surface area contributed by atoms with Gasteiger partial charge in [-0.15, -0.1) is 0 Å². The third-order valence-electron chi connectivity index (χ3n) is 7.18. The van der Waals surface area contributed by atoms with Gasteiger partial charge in [0, 0.05) is 28.3 Å². The number of hydrogen-bond donors (Lipinski definition) is 2. The number of ether oxygens (including phenoxy) is 2. The molecule has 0 saturated carbocycles. The lowest BCUT2D eigenvalue weighted by Crippen LogP contribution is -2.39.